The summed E-state index contributed by atoms with van der Waals surface area (Å²) in [6.45, 7) is 3.66. The van der Waals surface area contributed by atoms with Crippen LogP contribution in [0.15, 0.2) is 48.5 Å². The third-order valence-corrected chi connectivity index (χ3v) is 7.80. The van der Waals surface area contributed by atoms with E-state index in [0.717, 1.165) is 24.6 Å². The lowest BCUT2D eigenvalue weighted by molar-refractivity contribution is -0.123. The minimum Gasteiger partial charge on any atom is -0.494 e. The summed E-state index contributed by atoms with van der Waals surface area (Å²) < 4.78 is 45.6. The molecule has 2 amide bonds. The molecule has 1 unspecified atom stereocenters. The number of para-hydroxylation sites is 1. The second-order valence-electron chi connectivity index (χ2n) is 8.47. The first-order chi connectivity index (χ1) is 16.2. The highest BCUT2D eigenvalue weighted by Crippen LogP contribution is 2.37. The van der Waals surface area contributed by atoms with Gasteiger partial charge in [-0.25, -0.2) is 17.1 Å². The summed E-state index contributed by atoms with van der Waals surface area (Å²) in [7, 11) is -2.76. The number of anilines is 2. The van der Waals surface area contributed by atoms with E-state index in [-0.39, 0.29) is 48.4 Å². The molecule has 1 atom stereocenters. The van der Waals surface area contributed by atoms with Crippen molar-refractivity contribution in [3.63, 3.8) is 0 Å². The number of carbonyl (C=O) groups is 2. The molecular formula is C25H31FN2O5S. The monoisotopic (exact) mass is 490 g/mol. The van der Waals surface area contributed by atoms with Crippen LogP contribution >= 0.6 is 0 Å². The van der Waals surface area contributed by atoms with E-state index in [1.807, 2.05) is 37.3 Å². The topological polar surface area (TPSA) is 84.0 Å². The van der Waals surface area contributed by atoms with Crippen LogP contribution in [0.2, 0.25) is 0 Å². The maximum atomic E-state index is 14.3. The molecule has 0 radical (unpaired) electrons. The van der Waals surface area contributed by atoms with E-state index in [0.29, 0.717) is 10.2 Å². The van der Waals surface area contributed by atoms with Crippen LogP contribution in [0, 0.1) is 11.7 Å². The van der Waals surface area contributed by atoms with Crippen molar-refractivity contribution in [2.45, 2.75) is 52.0 Å². The van der Waals surface area contributed by atoms with Gasteiger partial charge in [0.1, 0.15) is 0 Å². The molecule has 0 aliphatic heterocycles. The first kappa shape index (κ1) is 25.7. The quantitative estimate of drug-likeness (QED) is 0.463. The Morgan fingerprint density at radius 1 is 1.06 bits per heavy atom. The van der Waals surface area contributed by atoms with Crippen LogP contribution in [-0.4, -0.2) is 39.1 Å². The van der Waals surface area contributed by atoms with Crippen molar-refractivity contribution in [3.8, 4) is 5.75 Å². The molecule has 0 heterocycles. The van der Waals surface area contributed by atoms with Crippen LogP contribution in [0.5, 0.6) is 5.75 Å². The molecule has 2 aromatic rings. The summed E-state index contributed by atoms with van der Waals surface area (Å²) in [4.78, 5) is 28.1. The molecule has 0 aromatic heterocycles. The molecule has 3 rings (SSSR count). The molecule has 0 N–H and O–H groups in total. The third kappa shape index (κ3) is 5.94. The summed E-state index contributed by atoms with van der Waals surface area (Å²) in [6.07, 6.45) is 1.88. The lowest BCUT2D eigenvalue weighted by atomic mass is 10.1. The van der Waals surface area contributed by atoms with Gasteiger partial charge in [-0.3, -0.25) is 9.59 Å². The van der Waals surface area contributed by atoms with Crippen molar-refractivity contribution in [2.24, 2.45) is 5.92 Å². The predicted octanol–water partition coefficient (Wildman–Crippen LogP) is 4.52. The first-order valence-corrected chi connectivity index (χ1v) is 13.1. The van der Waals surface area contributed by atoms with E-state index in [4.69, 9.17) is 4.74 Å². The highest BCUT2D eigenvalue weighted by molar-refractivity contribution is 7.93. The van der Waals surface area contributed by atoms with Crippen LogP contribution in [0.3, 0.4) is 0 Å². The highest BCUT2D eigenvalue weighted by Gasteiger charge is 2.36. The van der Waals surface area contributed by atoms with Crippen molar-refractivity contribution < 1.29 is 27.1 Å². The third-order valence-electron chi connectivity index (χ3n) is 5.90. The van der Waals surface area contributed by atoms with Gasteiger partial charge in [-0.15, -0.1) is 0 Å². The number of carbonyl (C=O) groups excluding carboxylic acids is 2. The number of halogens is 1. The summed E-state index contributed by atoms with van der Waals surface area (Å²) in [5.74, 6) is -1.76. The van der Waals surface area contributed by atoms with Crippen molar-refractivity contribution in [1.82, 2.24) is 0 Å². The maximum Gasteiger partial charge on any atom is 0.241 e. The fraction of sp³-hybridized carbons (Fsp3) is 0.440. The van der Waals surface area contributed by atoms with E-state index in [2.05, 4.69) is 0 Å². The standard InChI is InChI=1S/C25H31FN2O5S/c1-4-16-34(31,32)28(21-12-13-23(33-3)22(26)17-21)25(30)15-14-24(29)27(18(2)19-10-11-19)20-8-6-5-7-9-20/h5-9,12-13,17-19H,4,10-11,14-16H2,1-3H3. The number of ether oxygens (including phenoxy) is 1. The molecule has 9 heteroatoms. The number of hydrogen-bond donors (Lipinski definition) is 0. The molecule has 1 saturated carbocycles. The van der Waals surface area contributed by atoms with E-state index in [9.17, 15) is 22.4 Å². The minimum atomic E-state index is -4.05. The zero-order valence-electron chi connectivity index (χ0n) is 19.7. The van der Waals surface area contributed by atoms with Crippen LogP contribution in [0.25, 0.3) is 0 Å². The average molecular weight is 491 g/mol. The molecule has 34 heavy (non-hydrogen) atoms. The van der Waals surface area contributed by atoms with Gasteiger partial charge in [0, 0.05) is 30.6 Å². The molecule has 1 fully saturated rings. The van der Waals surface area contributed by atoms with E-state index >= 15 is 0 Å². The summed E-state index contributed by atoms with van der Waals surface area (Å²) in [5, 5.41) is 0. The number of methoxy groups -OCH3 is 1. The van der Waals surface area contributed by atoms with Crippen LogP contribution < -0.4 is 13.9 Å². The second-order valence-corrected chi connectivity index (χ2v) is 10.4. The number of hydrogen-bond acceptors (Lipinski definition) is 5. The van der Waals surface area contributed by atoms with Crippen molar-refractivity contribution in [2.75, 3.05) is 22.1 Å². The van der Waals surface area contributed by atoms with Gasteiger partial charge >= 0.3 is 0 Å². The van der Waals surface area contributed by atoms with Crippen molar-refractivity contribution in [3.05, 3.63) is 54.3 Å². The molecule has 184 valence electrons. The van der Waals surface area contributed by atoms with Crippen LogP contribution in [0.1, 0.15) is 46.0 Å². The molecular weight excluding hydrogens is 459 g/mol. The van der Waals surface area contributed by atoms with E-state index in [1.165, 1.54) is 19.2 Å². The van der Waals surface area contributed by atoms with Gasteiger partial charge in [-0.2, -0.15) is 0 Å². The van der Waals surface area contributed by atoms with Gasteiger partial charge < -0.3 is 9.64 Å². The second kappa shape index (κ2) is 11.0. The lowest BCUT2D eigenvalue weighted by Crippen LogP contribution is -2.42. The maximum absolute atomic E-state index is 14.3. The molecule has 0 spiro atoms. The lowest BCUT2D eigenvalue weighted by Gasteiger charge is -2.30. The fourth-order valence-corrected chi connectivity index (χ4v) is 5.55. The Hall–Kier alpha value is -2.94. The summed E-state index contributed by atoms with van der Waals surface area (Å²) >= 11 is 0. The molecule has 7 nitrogen and oxygen atoms in total. The Labute approximate surface area is 200 Å². The number of nitrogens with zero attached hydrogens (tertiary/aromatic N) is 2. The van der Waals surface area contributed by atoms with Gasteiger partial charge in [0.2, 0.25) is 21.8 Å². The normalized spacial score (nSPS) is 14.4. The van der Waals surface area contributed by atoms with Gasteiger partial charge in [-0.1, -0.05) is 25.1 Å². The van der Waals surface area contributed by atoms with Gasteiger partial charge in [0.05, 0.1) is 18.6 Å². The van der Waals surface area contributed by atoms with E-state index < -0.39 is 21.7 Å². The Bertz CT molecular complexity index is 1120. The number of amides is 2. The Morgan fingerprint density at radius 3 is 2.26 bits per heavy atom. The summed E-state index contributed by atoms with van der Waals surface area (Å²) in [6, 6.07) is 12.8. The van der Waals surface area contributed by atoms with Crippen molar-refractivity contribution in [1.29, 1.82) is 0 Å². The molecule has 2 aromatic carbocycles. The largest absolute Gasteiger partial charge is 0.494 e. The predicted molar refractivity (Wildman–Crippen MR) is 130 cm³/mol. The van der Waals surface area contributed by atoms with Crippen LogP contribution in [0.4, 0.5) is 15.8 Å². The Kier molecular flexibility index (Phi) is 8.30. The highest BCUT2D eigenvalue weighted by atomic mass is 32.2. The van der Waals surface area contributed by atoms with Gasteiger partial charge in [0.15, 0.2) is 11.6 Å². The minimum absolute atomic E-state index is 0.0272. The van der Waals surface area contributed by atoms with Crippen LogP contribution in [-0.2, 0) is 19.6 Å². The Morgan fingerprint density at radius 2 is 1.71 bits per heavy atom. The first-order valence-electron chi connectivity index (χ1n) is 11.5. The van der Waals surface area contributed by atoms with Gasteiger partial charge in [0.25, 0.3) is 0 Å². The van der Waals surface area contributed by atoms with E-state index in [1.54, 1.807) is 11.8 Å². The molecule has 1 aliphatic rings. The zero-order chi connectivity index (χ0) is 24.9. The molecule has 0 bridgehead atoms. The number of rotatable bonds is 11. The zero-order valence-corrected chi connectivity index (χ0v) is 20.6. The average Bonchev–Trinajstić information content (AvgIpc) is 3.64. The molecule has 1 aliphatic carbocycles. The smallest absolute Gasteiger partial charge is 0.241 e. The van der Waals surface area contributed by atoms with Crippen molar-refractivity contribution >= 4 is 33.2 Å². The summed E-state index contributed by atoms with van der Waals surface area (Å²) in [5.41, 5.74) is 0.627. The fourth-order valence-electron chi connectivity index (χ4n) is 4.01. The Balaban J connectivity index is 1.83. The SMILES string of the molecule is CCCS(=O)(=O)N(C(=O)CCC(=O)N(c1ccccc1)C(C)C1CC1)c1ccc(OC)c(F)c1. The molecule has 0 saturated heterocycles. The van der Waals surface area contributed by atoms with Gasteiger partial charge in [-0.05, 0) is 56.4 Å². The number of sulfonamides is 1. The number of benzene rings is 2.